The van der Waals surface area contributed by atoms with E-state index in [4.69, 9.17) is 4.74 Å². The van der Waals surface area contributed by atoms with Crippen LogP contribution in [0.2, 0.25) is 0 Å². The fourth-order valence-corrected chi connectivity index (χ4v) is 4.17. The number of rotatable bonds is 10. The molecule has 0 aliphatic carbocycles. The maximum atomic E-state index is 13.1. The number of urea groups is 1. The second-order valence-electron chi connectivity index (χ2n) is 9.99. The normalized spacial score (nSPS) is 12.0. The van der Waals surface area contributed by atoms with E-state index in [1.165, 1.54) is 7.11 Å². The monoisotopic (exact) mass is 491 g/mol. The molecule has 0 unspecified atom stereocenters. The van der Waals surface area contributed by atoms with Crippen molar-refractivity contribution in [2.45, 2.75) is 47.0 Å². The van der Waals surface area contributed by atoms with E-state index in [0.717, 1.165) is 29.9 Å². The van der Waals surface area contributed by atoms with Crippen molar-refractivity contribution < 1.29 is 14.3 Å². The minimum absolute atomic E-state index is 0.0576. The maximum Gasteiger partial charge on any atom is 0.323 e. The zero-order valence-corrected chi connectivity index (χ0v) is 22.0. The number of esters is 1. The number of amides is 2. The van der Waals surface area contributed by atoms with Crippen molar-refractivity contribution in [2.75, 3.05) is 35.7 Å². The van der Waals surface area contributed by atoms with Gasteiger partial charge in [-0.25, -0.2) is 4.79 Å². The van der Waals surface area contributed by atoms with E-state index in [1.54, 1.807) is 24.5 Å². The summed E-state index contributed by atoms with van der Waals surface area (Å²) in [5, 5.41) is 5.96. The highest BCUT2D eigenvalue weighted by atomic mass is 16.5. The van der Waals surface area contributed by atoms with Crippen molar-refractivity contribution in [3.8, 4) is 0 Å². The average Bonchev–Trinajstić information content (AvgIpc) is 2.82. The summed E-state index contributed by atoms with van der Waals surface area (Å²) < 4.78 is 4.85. The van der Waals surface area contributed by atoms with Crippen LogP contribution in [0.4, 0.5) is 21.9 Å². The van der Waals surface area contributed by atoms with Crippen LogP contribution in [0.1, 0.15) is 52.5 Å². The smallest absolute Gasteiger partial charge is 0.323 e. The van der Waals surface area contributed by atoms with Gasteiger partial charge in [-0.3, -0.25) is 14.8 Å². The zero-order valence-electron chi connectivity index (χ0n) is 22.0. The lowest BCUT2D eigenvalue weighted by Crippen LogP contribution is -2.32. The number of hydrogen-bond acceptors (Lipinski definition) is 6. The topological polar surface area (TPSA) is 96.5 Å². The van der Waals surface area contributed by atoms with Crippen LogP contribution in [0.25, 0.3) is 11.0 Å². The van der Waals surface area contributed by atoms with Crippen LogP contribution in [0.15, 0.2) is 48.8 Å². The molecule has 0 aliphatic rings. The second kappa shape index (κ2) is 12.3. The van der Waals surface area contributed by atoms with Gasteiger partial charge in [0.1, 0.15) is 0 Å². The van der Waals surface area contributed by atoms with E-state index in [1.807, 2.05) is 31.2 Å². The number of methoxy groups -OCH3 is 1. The van der Waals surface area contributed by atoms with Crippen molar-refractivity contribution >= 4 is 40.1 Å². The summed E-state index contributed by atoms with van der Waals surface area (Å²) in [5.74, 6) is 0.571. The molecule has 3 rings (SSSR count). The molecule has 2 N–H and O–H groups in total. The Hall–Kier alpha value is -3.68. The van der Waals surface area contributed by atoms with Crippen molar-refractivity contribution in [2.24, 2.45) is 11.8 Å². The lowest BCUT2D eigenvalue weighted by Gasteiger charge is -2.31. The molecule has 0 bridgehead atoms. The Morgan fingerprint density at radius 2 is 1.56 bits per heavy atom. The first kappa shape index (κ1) is 26.9. The highest BCUT2D eigenvalue weighted by molar-refractivity contribution is 6.02. The quantitative estimate of drug-likeness (QED) is 0.335. The number of benzene rings is 2. The Balaban J connectivity index is 1.91. The third-order valence-electron chi connectivity index (χ3n) is 5.78. The second-order valence-corrected chi connectivity index (χ2v) is 9.99. The Morgan fingerprint density at radius 3 is 2.19 bits per heavy atom. The van der Waals surface area contributed by atoms with Crippen molar-refractivity contribution in [3.05, 3.63) is 54.4 Å². The number of nitrogens with one attached hydrogen (secondary N) is 2. The molecule has 0 aliphatic heterocycles. The first-order valence-electron chi connectivity index (χ1n) is 12.4. The average molecular weight is 492 g/mol. The first-order valence-corrected chi connectivity index (χ1v) is 12.4. The van der Waals surface area contributed by atoms with Crippen LogP contribution < -0.4 is 15.5 Å². The van der Waals surface area contributed by atoms with Gasteiger partial charge in [0.05, 0.1) is 35.9 Å². The lowest BCUT2D eigenvalue weighted by molar-refractivity contribution is -0.140. The van der Waals surface area contributed by atoms with Gasteiger partial charge in [-0.1, -0.05) is 40.7 Å². The van der Waals surface area contributed by atoms with Gasteiger partial charge in [0.2, 0.25) is 0 Å². The molecule has 8 heteroatoms. The number of aromatic nitrogens is 2. The molecule has 3 aromatic rings. The largest absolute Gasteiger partial charge is 0.469 e. The fourth-order valence-electron chi connectivity index (χ4n) is 4.17. The van der Waals surface area contributed by atoms with Crippen LogP contribution in [-0.2, 0) is 9.53 Å². The molecule has 1 atom stereocenters. The number of ether oxygens (including phenoxy) is 1. The summed E-state index contributed by atoms with van der Waals surface area (Å²) in [4.78, 5) is 35.8. The predicted octanol–water partition coefficient (Wildman–Crippen LogP) is 6.06. The van der Waals surface area contributed by atoms with Gasteiger partial charge in [-0.15, -0.1) is 0 Å². The molecule has 36 heavy (non-hydrogen) atoms. The first-order chi connectivity index (χ1) is 17.2. The van der Waals surface area contributed by atoms with Crippen LogP contribution in [0.3, 0.4) is 0 Å². The number of fused-ring (bicyclic) bond motifs is 1. The Morgan fingerprint density at radius 1 is 0.889 bits per heavy atom. The molecule has 0 spiro atoms. The van der Waals surface area contributed by atoms with Crippen LogP contribution >= 0.6 is 0 Å². The SMILES string of the molecule is COC(=O)C[C@@H](C)c1ccc(N(CC(C)C)CC(C)C)c(NC(=O)Nc2ccc3nccnc3c2)c1. The summed E-state index contributed by atoms with van der Waals surface area (Å²) in [6.07, 6.45) is 3.52. The van der Waals surface area contributed by atoms with E-state index in [0.29, 0.717) is 28.7 Å². The summed E-state index contributed by atoms with van der Waals surface area (Å²) in [7, 11) is 1.39. The molecule has 0 saturated heterocycles. The van der Waals surface area contributed by atoms with Crippen molar-refractivity contribution in [1.29, 1.82) is 0 Å². The molecule has 2 amide bonds. The highest BCUT2D eigenvalue weighted by Gasteiger charge is 2.19. The third-order valence-corrected chi connectivity index (χ3v) is 5.78. The summed E-state index contributed by atoms with van der Waals surface area (Å²) in [6, 6.07) is 11.1. The number of anilines is 3. The predicted molar refractivity (Wildman–Crippen MR) is 146 cm³/mol. The van der Waals surface area contributed by atoms with E-state index in [2.05, 4.69) is 53.2 Å². The minimum Gasteiger partial charge on any atom is -0.469 e. The number of carbonyl (C=O) groups excluding carboxylic acids is 2. The van der Waals surface area contributed by atoms with Gasteiger partial charge in [0.15, 0.2) is 0 Å². The van der Waals surface area contributed by atoms with Gasteiger partial charge >= 0.3 is 12.0 Å². The summed E-state index contributed by atoms with van der Waals surface area (Å²) in [6.45, 7) is 12.4. The molecular weight excluding hydrogens is 454 g/mol. The molecule has 192 valence electrons. The fraction of sp³-hybridized carbons (Fsp3) is 0.429. The summed E-state index contributed by atoms with van der Waals surface area (Å²) >= 11 is 0. The highest BCUT2D eigenvalue weighted by Crippen LogP contribution is 2.32. The van der Waals surface area contributed by atoms with Crippen LogP contribution in [-0.4, -0.2) is 42.2 Å². The molecule has 2 aromatic carbocycles. The van der Waals surface area contributed by atoms with Gasteiger partial charge in [-0.05, 0) is 53.6 Å². The van der Waals surface area contributed by atoms with Crippen LogP contribution in [0.5, 0.6) is 0 Å². The van der Waals surface area contributed by atoms with Gasteiger partial charge in [-0.2, -0.15) is 0 Å². The molecule has 0 radical (unpaired) electrons. The van der Waals surface area contributed by atoms with E-state index in [9.17, 15) is 9.59 Å². The zero-order chi connectivity index (χ0) is 26.2. The molecule has 1 aromatic heterocycles. The lowest BCUT2D eigenvalue weighted by atomic mass is 9.96. The van der Waals surface area contributed by atoms with E-state index >= 15 is 0 Å². The number of carbonyl (C=O) groups is 2. The van der Waals surface area contributed by atoms with Gasteiger partial charge < -0.3 is 20.3 Å². The Bertz CT molecular complexity index is 1180. The van der Waals surface area contributed by atoms with Gasteiger partial charge in [0, 0.05) is 31.2 Å². The van der Waals surface area contributed by atoms with Crippen molar-refractivity contribution in [1.82, 2.24) is 9.97 Å². The standard InChI is InChI=1S/C28H37N5O3/c1-18(2)16-33(17-19(3)4)26-10-7-21(20(5)13-27(34)36-6)14-25(26)32-28(35)31-22-8-9-23-24(15-22)30-12-11-29-23/h7-12,14-15,18-20H,13,16-17H2,1-6H3,(H2,31,32,35)/t20-/m1/s1. The molecule has 0 fully saturated rings. The Labute approximate surface area is 213 Å². The number of hydrogen-bond donors (Lipinski definition) is 2. The van der Waals surface area contributed by atoms with Gasteiger partial charge in [0.25, 0.3) is 0 Å². The molecule has 1 heterocycles. The summed E-state index contributed by atoms with van der Waals surface area (Å²) in [5.41, 5.74) is 4.69. The third kappa shape index (κ3) is 7.41. The Kier molecular flexibility index (Phi) is 9.22. The maximum absolute atomic E-state index is 13.1. The van der Waals surface area contributed by atoms with Crippen LogP contribution in [0, 0.1) is 11.8 Å². The number of nitrogens with zero attached hydrogens (tertiary/aromatic N) is 3. The molecule has 0 saturated carbocycles. The molecular formula is C28H37N5O3. The van der Waals surface area contributed by atoms with E-state index in [-0.39, 0.29) is 24.3 Å². The van der Waals surface area contributed by atoms with Crippen molar-refractivity contribution in [3.63, 3.8) is 0 Å². The molecule has 8 nitrogen and oxygen atoms in total. The van der Waals surface area contributed by atoms with E-state index < -0.39 is 0 Å². The minimum atomic E-state index is -0.355.